The van der Waals surface area contributed by atoms with Crippen LogP contribution in [-0.2, 0) is 0 Å². The molecular weight excluding hydrogens is 316 g/mol. The fraction of sp³-hybridized carbons (Fsp3) is 0.294. The normalized spacial score (nSPS) is 17.8. The van der Waals surface area contributed by atoms with E-state index in [9.17, 15) is 0 Å². The van der Waals surface area contributed by atoms with Crippen LogP contribution in [0.2, 0.25) is 0 Å². The summed E-state index contributed by atoms with van der Waals surface area (Å²) in [5, 5.41) is 0. The second-order valence-electron chi connectivity index (χ2n) is 5.37. The number of halogens is 1. The van der Waals surface area contributed by atoms with Crippen molar-refractivity contribution in [2.45, 2.75) is 30.6 Å². The maximum absolute atomic E-state index is 3.59. The molecule has 0 aliphatic carbocycles. The second-order valence-corrected chi connectivity index (χ2v) is 7.34. The summed E-state index contributed by atoms with van der Waals surface area (Å²) in [6, 6.07) is 15.8. The van der Waals surface area contributed by atoms with Crippen molar-refractivity contribution in [2.75, 3.05) is 5.75 Å². The molecule has 1 heterocycles. The van der Waals surface area contributed by atoms with E-state index in [1.165, 1.54) is 26.1 Å². The molecule has 1 aliphatic rings. The van der Waals surface area contributed by atoms with E-state index < -0.39 is 0 Å². The Hall–Kier alpha value is -0.730. The van der Waals surface area contributed by atoms with Crippen LogP contribution < -0.4 is 0 Å². The first-order valence-electron chi connectivity index (χ1n) is 6.67. The van der Waals surface area contributed by atoms with E-state index in [1.54, 1.807) is 0 Å². The lowest BCUT2D eigenvalue weighted by atomic mass is 9.91. The molecular formula is C17H17BrS. The number of benzene rings is 2. The molecule has 2 aromatic rings. The van der Waals surface area contributed by atoms with Gasteiger partial charge in [0.2, 0.25) is 0 Å². The van der Waals surface area contributed by atoms with Crippen molar-refractivity contribution in [3.8, 4) is 0 Å². The quantitative estimate of drug-likeness (QED) is 0.668. The molecule has 2 heteroatoms. The number of fused-ring (bicyclic) bond motifs is 1. The highest BCUT2D eigenvalue weighted by Gasteiger charge is 2.24. The molecule has 98 valence electrons. The van der Waals surface area contributed by atoms with E-state index in [2.05, 4.69) is 72.2 Å². The monoisotopic (exact) mass is 332 g/mol. The van der Waals surface area contributed by atoms with Gasteiger partial charge < -0.3 is 0 Å². The highest BCUT2D eigenvalue weighted by molar-refractivity contribution is 9.10. The first-order chi connectivity index (χ1) is 9.15. The van der Waals surface area contributed by atoms with Crippen molar-refractivity contribution in [3.63, 3.8) is 0 Å². The molecule has 0 radical (unpaired) electrons. The molecule has 0 bridgehead atoms. The molecule has 0 N–H and O–H groups in total. The number of hydrogen-bond acceptors (Lipinski definition) is 1. The maximum atomic E-state index is 3.59. The Bertz CT molecular complexity index is 587. The van der Waals surface area contributed by atoms with E-state index in [-0.39, 0.29) is 0 Å². The van der Waals surface area contributed by atoms with Gasteiger partial charge in [0, 0.05) is 21.0 Å². The third-order valence-corrected chi connectivity index (χ3v) is 5.43. The van der Waals surface area contributed by atoms with Gasteiger partial charge in [-0.3, -0.25) is 0 Å². The average Bonchev–Trinajstić information content (AvgIpc) is 2.81. The molecule has 0 spiro atoms. The van der Waals surface area contributed by atoms with Crippen molar-refractivity contribution >= 4 is 27.7 Å². The van der Waals surface area contributed by atoms with Gasteiger partial charge in [0.1, 0.15) is 0 Å². The largest absolute Gasteiger partial charge is 0.125 e. The molecule has 0 aromatic heterocycles. The molecule has 3 rings (SSSR count). The van der Waals surface area contributed by atoms with Gasteiger partial charge in [-0.1, -0.05) is 54.0 Å². The average molecular weight is 333 g/mol. The summed E-state index contributed by atoms with van der Waals surface area (Å²) in [5.41, 5.74) is 4.33. The SMILES string of the molecule is CC(C)c1ccc(C2CSc3ccc(Br)cc32)cc1. The van der Waals surface area contributed by atoms with Gasteiger partial charge in [-0.15, -0.1) is 11.8 Å². The van der Waals surface area contributed by atoms with Crippen LogP contribution in [0.4, 0.5) is 0 Å². The van der Waals surface area contributed by atoms with Gasteiger partial charge in [0.25, 0.3) is 0 Å². The third-order valence-electron chi connectivity index (χ3n) is 3.76. The highest BCUT2D eigenvalue weighted by atomic mass is 79.9. The first kappa shape index (κ1) is 13.3. The molecule has 1 aliphatic heterocycles. The minimum atomic E-state index is 0.540. The Kier molecular flexibility index (Phi) is 3.72. The van der Waals surface area contributed by atoms with E-state index in [0.717, 1.165) is 5.75 Å². The Morgan fingerprint density at radius 1 is 1.11 bits per heavy atom. The summed E-state index contributed by atoms with van der Waals surface area (Å²) in [6.45, 7) is 4.49. The lowest BCUT2D eigenvalue weighted by Gasteiger charge is -2.13. The second kappa shape index (κ2) is 5.34. The zero-order valence-electron chi connectivity index (χ0n) is 11.2. The fourth-order valence-corrected chi connectivity index (χ4v) is 4.20. The summed E-state index contributed by atoms with van der Waals surface area (Å²) in [6.07, 6.45) is 0. The molecule has 0 saturated heterocycles. The molecule has 2 aromatic carbocycles. The smallest absolute Gasteiger partial charge is 0.0195 e. The predicted molar refractivity (Wildman–Crippen MR) is 87.2 cm³/mol. The number of hydrogen-bond donors (Lipinski definition) is 0. The summed E-state index contributed by atoms with van der Waals surface area (Å²) in [7, 11) is 0. The third kappa shape index (κ3) is 2.61. The summed E-state index contributed by atoms with van der Waals surface area (Å²) >= 11 is 5.56. The van der Waals surface area contributed by atoms with Crippen molar-refractivity contribution in [3.05, 3.63) is 63.6 Å². The van der Waals surface area contributed by atoms with Crippen molar-refractivity contribution in [1.82, 2.24) is 0 Å². The van der Waals surface area contributed by atoms with E-state index >= 15 is 0 Å². The Morgan fingerprint density at radius 2 is 1.84 bits per heavy atom. The standard InChI is InChI=1S/C17H17BrS/c1-11(2)12-3-5-13(6-4-12)16-10-19-17-8-7-14(18)9-15(16)17/h3-9,11,16H,10H2,1-2H3. The molecule has 1 unspecified atom stereocenters. The zero-order chi connectivity index (χ0) is 13.4. The molecule has 0 fully saturated rings. The van der Waals surface area contributed by atoms with Crippen LogP contribution in [0, 0.1) is 0 Å². The Morgan fingerprint density at radius 3 is 2.53 bits per heavy atom. The lowest BCUT2D eigenvalue weighted by Crippen LogP contribution is -2.00. The van der Waals surface area contributed by atoms with Gasteiger partial charge in [0.05, 0.1) is 0 Å². The van der Waals surface area contributed by atoms with Crippen LogP contribution in [-0.4, -0.2) is 5.75 Å². The van der Waals surface area contributed by atoms with Gasteiger partial charge in [-0.25, -0.2) is 0 Å². The zero-order valence-corrected chi connectivity index (χ0v) is 13.6. The first-order valence-corrected chi connectivity index (χ1v) is 8.45. The predicted octanol–water partition coefficient (Wildman–Crippen LogP) is 5.81. The van der Waals surface area contributed by atoms with Crippen LogP contribution >= 0.6 is 27.7 Å². The molecule has 0 saturated carbocycles. The highest BCUT2D eigenvalue weighted by Crippen LogP contribution is 2.44. The van der Waals surface area contributed by atoms with Crippen molar-refractivity contribution in [2.24, 2.45) is 0 Å². The maximum Gasteiger partial charge on any atom is 0.0195 e. The van der Waals surface area contributed by atoms with E-state index in [1.807, 2.05) is 11.8 Å². The molecule has 0 nitrogen and oxygen atoms in total. The van der Waals surface area contributed by atoms with E-state index in [0.29, 0.717) is 11.8 Å². The van der Waals surface area contributed by atoms with Gasteiger partial charge >= 0.3 is 0 Å². The van der Waals surface area contributed by atoms with Crippen LogP contribution in [0.3, 0.4) is 0 Å². The molecule has 0 amide bonds. The minimum Gasteiger partial charge on any atom is -0.125 e. The van der Waals surface area contributed by atoms with Gasteiger partial charge in [0.15, 0.2) is 0 Å². The van der Waals surface area contributed by atoms with Crippen LogP contribution in [0.1, 0.15) is 42.4 Å². The van der Waals surface area contributed by atoms with Gasteiger partial charge in [-0.2, -0.15) is 0 Å². The number of rotatable bonds is 2. The topological polar surface area (TPSA) is 0 Å². The van der Waals surface area contributed by atoms with Crippen molar-refractivity contribution < 1.29 is 0 Å². The summed E-state index contributed by atoms with van der Waals surface area (Å²) in [4.78, 5) is 1.43. The fourth-order valence-electron chi connectivity index (χ4n) is 2.57. The lowest BCUT2D eigenvalue weighted by molar-refractivity contribution is 0.860. The number of thioether (sulfide) groups is 1. The minimum absolute atomic E-state index is 0.540. The van der Waals surface area contributed by atoms with Crippen molar-refractivity contribution in [1.29, 1.82) is 0 Å². The van der Waals surface area contributed by atoms with Crippen LogP contribution in [0.5, 0.6) is 0 Å². The van der Waals surface area contributed by atoms with E-state index in [4.69, 9.17) is 0 Å². The van der Waals surface area contributed by atoms with Gasteiger partial charge in [-0.05, 0) is 40.8 Å². The molecule has 1 atom stereocenters. The Labute approximate surface area is 127 Å². The molecule has 19 heavy (non-hydrogen) atoms. The van der Waals surface area contributed by atoms with Crippen LogP contribution in [0.15, 0.2) is 51.8 Å². The summed E-state index contributed by atoms with van der Waals surface area (Å²) < 4.78 is 1.18. The summed E-state index contributed by atoms with van der Waals surface area (Å²) in [5.74, 6) is 2.31. The Balaban J connectivity index is 1.95. The van der Waals surface area contributed by atoms with Crippen LogP contribution in [0.25, 0.3) is 0 Å².